The third kappa shape index (κ3) is 8.47. The summed E-state index contributed by atoms with van der Waals surface area (Å²) < 4.78 is 5.39. The van der Waals surface area contributed by atoms with Crippen LogP contribution in [0.1, 0.15) is 43.5 Å². The molecule has 3 amide bonds. The summed E-state index contributed by atoms with van der Waals surface area (Å²) in [4.78, 5) is 41.9. The zero-order valence-electron chi connectivity index (χ0n) is 23.3. The van der Waals surface area contributed by atoms with E-state index in [1.165, 1.54) is 12.1 Å². The van der Waals surface area contributed by atoms with Crippen molar-refractivity contribution in [3.05, 3.63) is 94.5 Å². The second kappa shape index (κ2) is 13.7. The van der Waals surface area contributed by atoms with Crippen molar-refractivity contribution in [2.75, 3.05) is 11.9 Å². The Morgan fingerprint density at radius 3 is 2.29 bits per heavy atom. The number of carbonyl (C=O) groups excluding carboxylic acids is 3. The van der Waals surface area contributed by atoms with E-state index in [0.717, 1.165) is 10.5 Å². The lowest BCUT2D eigenvalue weighted by Gasteiger charge is -2.33. The highest BCUT2D eigenvalue weighted by Crippen LogP contribution is 2.33. The molecule has 0 saturated carbocycles. The van der Waals surface area contributed by atoms with Crippen LogP contribution in [0.5, 0.6) is 5.75 Å². The molecule has 2 atom stereocenters. The molecule has 0 bridgehead atoms. The Kier molecular flexibility index (Phi) is 10.3. The molecule has 41 heavy (non-hydrogen) atoms. The number of alkyl carbamates (subject to hydrolysis) is 1. The predicted molar refractivity (Wildman–Crippen MR) is 156 cm³/mol. The lowest BCUT2D eigenvalue weighted by molar-refractivity contribution is -0.140. The first-order valence-corrected chi connectivity index (χ1v) is 13.3. The van der Waals surface area contributed by atoms with Gasteiger partial charge in [0.25, 0.3) is 5.91 Å². The first kappa shape index (κ1) is 31.0. The largest absolute Gasteiger partial charge is 0.508 e. The van der Waals surface area contributed by atoms with Gasteiger partial charge in [0.05, 0.1) is 16.8 Å². The van der Waals surface area contributed by atoms with Gasteiger partial charge < -0.3 is 25.4 Å². The van der Waals surface area contributed by atoms with Crippen LogP contribution >= 0.6 is 11.6 Å². The van der Waals surface area contributed by atoms with E-state index in [-0.39, 0.29) is 22.8 Å². The van der Waals surface area contributed by atoms with Crippen molar-refractivity contribution in [1.82, 2.24) is 10.2 Å². The van der Waals surface area contributed by atoms with Gasteiger partial charge in [-0.05, 0) is 51.0 Å². The number of hydrogen-bond donors (Lipinski definition) is 3. The molecular formula is C31H33ClN4O5. The van der Waals surface area contributed by atoms with E-state index >= 15 is 0 Å². The number of amides is 3. The number of rotatable bonds is 9. The van der Waals surface area contributed by atoms with Gasteiger partial charge in [0.15, 0.2) is 0 Å². The van der Waals surface area contributed by atoms with Crippen LogP contribution < -0.4 is 10.6 Å². The molecule has 3 N–H and O–H groups in total. The molecule has 10 heteroatoms. The van der Waals surface area contributed by atoms with Crippen molar-refractivity contribution in [2.45, 2.75) is 51.8 Å². The summed E-state index contributed by atoms with van der Waals surface area (Å²) in [6, 6.07) is 19.4. The molecule has 0 aliphatic rings. The fraction of sp³-hybridized carbons (Fsp3) is 0.290. The van der Waals surface area contributed by atoms with Crippen LogP contribution in [0.3, 0.4) is 0 Å². The number of nitriles is 1. The molecule has 9 nitrogen and oxygen atoms in total. The number of carbonyl (C=O) groups is 3. The summed E-state index contributed by atoms with van der Waals surface area (Å²) in [6.07, 6.45) is -0.779. The first-order valence-electron chi connectivity index (χ1n) is 13.0. The lowest BCUT2D eigenvalue weighted by Crippen LogP contribution is -2.53. The summed E-state index contributed by atoms with van der Waals surface area (Å²) in [7, 11) is 0. The predicted octanol–water partition coefficient (Wildman–Crippen LogP) is 5.52. The van der Waals surface area contributed by atoms with Crippen molar-refractivity contribution in [3.8, 4) is 11.8 Å². The fourth-order valence-corrected chi connectivity index (χ4v) is 4.49. The summed E-state index contributed by atoms with van der Waals surface area (Å²) in [5.41, 5.74) is 0.996. The Morgan fingerprint density at radius 2 is 1.68 bits per heavy atom. The second-order valence-electron chi connectivity index (χ2n) is 10.4. The number of ether oxygens (including phenoxy) is 1. The maximum absolute atomic E-state index is 14.2. The molecule has 2 unspecified atom stereocenters. The molecule has 214 valence electrons. The minimum absolute atomic E-state index is 0.0551. The highest BCUT2D eigenvalue weighted by atomic mass is 35.5. The average molecular weight is 577 g/mol. The van der Waals surface area contributed by atoms with Crippen molar-refractivity contribution >= 4 is 35.2 Å². The van der Waals surface area contributed by atoms with Crippen LogP contribution in [-0.2, 0) is 20.7 Å². The van der Waals surface area contributed by atoms with Crippen LogP contribution in [0, 0.1) is 18.3 Å². The highest BCUT2D eigenvalue weighted by Gasteiger charge is 2.38. The monoisotopic (exact) mass is 576 g/mol. The molecule has 0 radical (unpaired) electrons. The topological polar surface area (TPSA) is 132 Å². The maximum atomic E-state index is 14.2. The van der Waals surface area contributed by atoms with Gasteiger partial charge in [0, 0.05) is 12.0 Å². The Hall–Kier alpha value is -4.55. The average Bonchev–Trinajstić information content (AvgIpc) is 2.90. The van der Waals surface area contributed by atoms with Crippen molar-refractivity contribution in [1.29, 1.82) is 5.26 Å². The molecule has 3 aromatic carbocycles. The number of aryl methyl sites for hydroxylation is 1. The van der Waals surface area contributed by atoms with Crippen molar-refractivity contribution in [3.63, 3.8) is 0 Å². The number of aromatic hydroxyl groups is 1. The normalized spacial score (nSPS) is 12.4. The third-order valence-corrected chi connectivity index (χ3v) is 6.37. The molecule has 3 rings (SSSR count). The smallest absolute Gasteiger partial charge is 0.408 e. The minimum atomic E-state index is -1.45. The highest BCUT2D eigenvalue weighted by molar-refractivity contribution is 6.34. The van der Waals surface area contributed by atoms with Crippen LogP contribution in [-0.4, -0.2) is 46.1 Å². The van der Waals surface area contributed by atoms with E-state index in [9.17, 15) is 24.8 Å². The summed E-state index contributed by atoms with van der Waals surface area (Å²) >= 11 is 6.35. The summed E-state index contributed by atoms with van der Waals surface area (Å²) in [5.74, 6) is -1.68. The van der Waals surface area contributed by atoms with Crippen molar-refractivity contribution in [2.24, 2.45) is 0 Å². The number of nitrogens with one attached hydrogen (secondary N) is 2. The molecule has 0 aliphatic heterocycles. The molecule has 0 heterocycles. The number of hydrogen-bond acceptors (Lipinski definition) is 6. The van der Waals surface area contributed by atoms with Gasteiger partial charge in [-0.2, -0.15) is 5.26 Å². The molecule has 3 aromatic rings. The number of phenols is 1. The Bertz CT molecular complexity index is 1410. The van der Waals surface area contributed by atoms with Crippen LogP contribution in [0.15, 0.2) is 72.8 Å². The SMILES string of the molecule is Cc1cccc(Cl)c1NC(=O)C(c1ccccc1O)N(CC#N)C(=O)C(Cc1ccccc1)NC(=O)OC(C)(C)C. The van der Waals surface area contributed by atoms with E-state index in [1.807, 2.05) is 12.1 Å². The number of nitrogens with zero attached hydrogens (tertiary/aromatic N) is 2. The zero-order chi connectivity index (χ0) is 30.2. The maximum Gasteiger partial charge on any atom is 0.408 e. The van der Waals surface area contributed by atoms with Gasteiger partial charge in [-0.25, -0.2) is 4.79 Å². The van der Waals surface area contributed by atoms with Gasteiger partial charge in [-0.3, -0.25) is 9.59 Å². The van der Waals surface area contributed by atoms with E-state index < -0.39 is 42.1 Å². The molecule has 0 aromatic heterocycles. The van der Waals surface area contributed by atoms with Gasteiger partial charge in [-0.1, -0.05) is 72.3 Å². The molecule has 0 saturated heterocycles. The quantitative estimate of drug-likeness (QED) is 0.287. The number of para-hydroxylation sites is 2. The van der Waals surface area contributed by atoms with Gasteiger partial charge >= 0.3 is 6.09 Å². The van der Waals surface area contributed by atoms with Gasteiger partial charge in [0.2, 0.25) is 5.91 Å². The zero-order valence-corrected chi connectivity index (χ0v) is 24.1. The molecule has 0 fully saturated rings. The molecular weight excluding hydrogens is 544 g/mol. The number of phenolic OH excluding ortho intramolecular Hbond substituents is 1. The standard InChI is InChI=1S/C31H33ClN4O5/c1-20-11-10-15-23(32)26(20)35-28(38)27(22-14-8-9-16-25(22)37)36(18-17-33)29(39)24(19-21-12-6-5-7-13-21)34-30(40)41-31(2,3)4/h5-16,24,27,37H,18-19H2,1-4H3,(H,34,40)(H,35,38). The van der Waals surface area contributed by atoms with Gasteiger partial charge in [0.1, 0.15) is 30.0 Å². The summed E-state index contributed by atoms with van der Waals surface area (Å²) in [6.45, 7) is 6.32. The summed E-state index contributed by atoms with van der Waals surface area (Å²) in [5, 5.41) is 26.1. The molecule has 0 aliphatic carbocycles. The first-order chi connectivity index (χ1) is 19.4. The van der Waals surface area contributed by atoms with Gasteiger partial charge in [-0.15, -0.1) is 0 Å². The minimum Gasteiger partial charge on any atom is -0.508 e. The van der Waals surface area contributed by atoms with Crippen LogP contribution in [0.4, 0.5) is 10.5 Å². The lowest BCUT2D eigenvalue weighted by atomic mass is 9.99. The van der Waals surface area contributed by atoms with E-state index in [2.05, 4.69) is 10.6 Å². The van der Waals surface area contributed by atoms with Crippen molar-refractivity contribution < 1.29 is 24.2 Å². The Labute approximate surface area is 244 Å². The second-order valence-corrected chi connectivity index (χ2v) is 10.8. The third-order valence-electron chi connectivity index (χ3n) is 6.06. The molecule has 0 spiro atoms. The van der Waals surface area contributed by atoms with E-state index in [4.69, 9.17) is 16.3 Å². The van der Waals surface area contributed by atoms with E-state index in [0.29, 0.717) is 11.3 Å². The number of halogens is 1. The Balaban J connectivity index is 2.08. The van der Waals surface area contributed by atoms with E-state index in [1.54, 1.807) is 82.3 Å². The number of benzene rings is 3. The van der Waals surface area contributed by atoms with Crippen LogP contribution in [0.25, 0.3) is 0 Å². The Morgan fingerprint density at radius 1 is 1.02 bits per heavy atom. The van der Waals surface area contributed by atoms with Crippen LogP contribution in [0.2, 0.25) is 5.02 Å². The number of anilines is 1. The fourth-order valence-electron chi connectivity index (χ4n) is 4.22.